The quantitative estimate of drug-likeness (QED) is 0.453. The van der Waals surface area contributed by atoms with Crippen LogP contribution in [0.15, 0.2) is 59.5 Å². The third kappa shape index (κ3) is 7.75. The number of nitrogens with zero attached hydrogens (tertiary/aromatic N) is 1. The Bertz CT molecular complexity index is 728. The molecule has 29 heavy (non-hydrogen) atoms. The first-order valence-corrected chi connectivity index (χ1v) is 11.6. The van der Waals surface area contributed by atoms with Crippen LogP contribution in [0, 0.1) is 5.92 Å². The Labute approximate surface area is 179 Å². The predicted molar refractivity (Wildman–Crippen MR) is 121 cm³/mol. The van der Waals surface area contributed by atoms with E-state index in [0.29, 0.717) is 12.2 Å². The number of hydrogen-bond donors (Lipinski definition) is 1. The van der Waals surface area contributed by atoms with Gasteiger partial charge in [-0.15, -0.1) is 11.8 Å². The van der Waals surface area contributed by atoms with Gasteiger partial charge in [0.1, 0.15) is 5.75 Å². The van der Waals surface area contributed by atoms with Gasteiger partial charge in [0.05, 0.1) is 6.61 Å². The van der Waals surface area contributed by atoms with Crippen molar-refractivity contribution in [2.75, 3.05) is 38.5 Å². The van der Waals surface area contributed by atoms with E-state index in [2.05, 4.69) is 29.3 Å². The zero-order valence-corrected chi connectivity index (χ0v) is 18.1. The molecule has 0 atom stereocenters. The zero-order chi connectivity index (χ0) is 20.3. The highest BCUT2D eigenvalue weighted by Gasteiger charge is 2.15. The molecule has 0 aliphatic carbocycles. The summed E-state index contributed by atoms with van der Waals surface area (Å²) in [4.78, 5) is 16.1. The van der Waals surface area contributed by atoms with E-state index in [-0.39, 0.29) is 5.91 Å². The van der Waals surface area contributed by atoms with Crippen LogP contribution >= 0.6 is 11.8 Å². The fourth-order valence-electron chi connectivity index (χ4n) is 3.43. The van der Waals surface area contributed by atoms with Crippen molar-refractivity contribution >= 4 is 17.7 Å². The Morgan fingerprint density at radius 1 is 1.10 bits per heavy atom. The van der Waals surface area contributed by atoms with Crippen LogP contribution in [0.1, 0.15) is 36.5 Å². The summed E-state index contributed by atoms with van der Waals surface area (Å²) in [7, 11) is 0. The number of rotatable bonds is 10. The molecule has 5 heteroatoms. The van der Waals surface area contributed by atoms with Gasteiger partial charge in [-0.1, -0.05) is 25.1 Å². The minimum atomic E-state index is -0.0107. The zero-order valence-electron chi connectivity index (χ0n) is 17.3. The molecule has 0 spiro atoms. The molecule has 0 radical (unpaired) electrons. The van der Waals surface area contributed by atoms with Crippen molar-refractivity contribution in [1.82, 2.24) is 10.2 Å². The first-order valence-electron chi connectivity index (χ1n) is 10.6. The number of ether oxygens (including phenoxy) is 1. The van der Waals surface area contributed by atoms with Crippen LogP contribution in [-0.2, 0) is 0 Å². The SMILES string of the molecule is CC1CCN(CCCNC(=O)c2ccc(OCCSc3ccccc3)cc2)CC1. The summed E-state index contributed by atoms with van der Waals surface area (Å²) in [5.41, 5.74) is 0.683. The van der Waals surface area contributed by atoms with Crippen LogP contribution in [0.5, 0.6) is 5.75 Å². The Kier molecular flexibility index (Phi) is 8.90. The summed E-state index contributed by atoms with van der Waals surface area (Å²) in [5, 5.41) is 3.03. The normalized spacial score (nSPS) is 15.2. The number of thioether (sulfide) groups is 1. The minimum absolute atomic E-state index is 0.0107. The van der Waals surface area contributed by atoms with Gasteiger partial charge in [-0.05, 0) is 81.2 Å². The van der Waals surface area contributed by atoms with Gasteiger partial charge in [0.25, 0.3) is 5.91 Å². The van der Waals surface area contributed by atoms with Gasteiger partial charge < -0.3 is 15.0 Å². The van der Waals surface area contributed by atoms with E-state index >= 15 is 0 Å². The highest BCUT2D eigenvalue weighted by Crippen LogP contribution is 2.18. The summed E-state index contributed by atoms with van der Waals surface area (Å²) in [6.45, 7) is 7.15. The summed E-state index contributed by atoms with van der Waals surface area (Å²) in [6, 6.07) is 17.7. The smallest absolute Gasteiger partial charge is 0.251 e. The molecule has 1 fully saturated rings. The van der Waals surface area contributed by atoms with E-state index in [4.69, 9.17) is 4.74 Å². The molecule has 4 nitrogen and oxygen atoms in total. The lowest BCUT2D eigenvalue weighted by molar-refractivity contribution is 0.0950. The Hall–Kier alpha value is -1.98. The van der Waals surface area contributed by atoms with Crippen LogP contribution in [0.2, 0.25) is 0 Å². The molecule has 1 heterocycles. The van der Waals surface area contributed by atoms with E-state index < -0.39 is 0 Å². The molecule has 2 aromatic carbocycles. The number of carbonyl (C=O) groups excluding carboxylic acids is 1. The summed E-state index contributed by atoms with van der Waals surface area (Å²) in [6.07, 6.45) is 3.60. The molecule has 0 saturated carbocycles. The molecule has 3 rings (SSSR count). The van der Waals surface area contributed by atoms with Crippen molar-refractivity contribution in [3.63, 3.8) is 0 Å². The van der Waals surface area contributed by atoms with Crippen molar-refractivity contribution in [3.8, 4) is 5.75 Å². The van der Waals surface area contributed by atoms with Gasteiger partial charge in [-0.3, -0.25) is 4.79 Å². The number of carbonyl (C=O) groups is 1. The maximum Gasteiger partial charge on any atom is 0.251 e. The van der Waals surface area contributed by atoms with E-state index in [1.54, 1.807) is 11.8 Å². The maximum atomic E-state index is 12.3. The second-order valence-electron chi connectivity index (χ2n) is 7.67. The Balaban J connectivity index is 1.30. The summed E-state index contributed by atoms with van der Waals surface area (Å²) in [5.74, 6) is 2.54. The van der Waals surface area contributed by atoms with E-state index in [1.165, 1.54) is 30.8 Å². The molecule has 1 N–H and O–H groups in total. The van der Waals surface area contributed by atoms with Gasteiger partial charge in [0.2, 0.25) is 0 Å². The maximum absolute atomic E-state index is 12.3. The number of benzene rings is 2. The lowest BCUT2D eigenvalue weighted by Gasteiger charge is -2.30. The van der Waals surface area contributed by atoms with Crippen molar-refractivity contribution in [1.29, 1.82) is 0 Å². The number of hydrogen-bond acceptors (Lipinski definition) is 4. The van der Waals surface area contributed by atoms with Crippen molar-refractivity contribution in [3.05, 3.63) is 60.2 Å². The molecule has 0 bridgehead atoms. The molecular formula is C24H32N2O2S. The van der Waals surface area contributed by atoms with Crippen molar-refractivity contribution in [2.24, 2.45) is 5.92 Å². The Morgan fingerprint density at radius 2 is 1.83 bits per heavy atom. The number of nitrogens with one attached hydrogen (secondary N) is 1. The van der Waals surface area contributed by atoms with Crippen LogP contribution in [-0.4, -0.2) is 49.3 Å². The largest absolute Gasteiger partial charge is 0.493 e. The first kappa shape index (κ1) is 21.7. The Morgan fingerprint density at radius 3 is 2.55 bits per heavy atom. The second-order valence-corrected chi connectivity index (χ2v) is 8.84. The fraction of sp³-hybridized carbons (Fsp3) is 0.458. The monoisotopic (exact) mass is 412 g/mol. The summed E-state index contributed by atoms with van der Waals surface area (Å²) >= 11 is 1.78. The van der Waals surface area contributed by atoms with Crippen LogP contribution in [0.4, 0.5) is 0 Å². The molecule has 1 aliphatic rings. The van der Waals surface area contributed by atoms with Crippen LogP contribution in [0.3, 0.4) is 0 Å². The lowest BCUT2D eigenvalue weighted by atomic mass is 9.99. The lowest BCUT2D eigenvalue weighted by Crippen LogP contribution is -2.35. The molecule has 0 unspecified atom stereocenters. The molecule has 1 amide bonds. The second kappa shape index (κ2) is 11.9. The molecule has 2 aromatic rings. The number of likely N-dealkylation sites (tertiary alicyclic amines) is 1. The average Bonchev–Trinajstić information content (AvgIpc) is 2.76. The molecule has 1 saturated heterocycles. The highest BCUT2D eigenvalue weighted by molar-refractivity contribution is 7.99. The molecule has 156 valence electrons. The third-order valence-electron chi connectivity index (χ3n) is 5.29. The first-order chi connectivity index (χ1) is 14.2. The standard InChI is InChI=1S/C24H32N2O2S/c1-20-12-16-26(17-13-20)15-5-14-25-24(27)21-8-10-22(11-9-21)28-18-19-29-23-6-3-2-4-7-23/h2-4,6-11,20H,5,12-19H2,1H3,(H,25,27). The third-order valence-corrected chi connectivity index (χ3v) is 6.27. The van der Waals surface area contributed by atoms with Crippen LogP contribution in [0.25, 0.3) is 0 Å². The molecule has 0 aromatic heterocycles. The van der Waals surface area contributed by atoms with Gasteiger partial charge in [-0.25, -0.2) is 0 Å². The molecule has 1 aliphatic heterocycles. The predicted octanol–water partition coefficient (Wildman–Crippen LogP) is 4.71. The fourth-order valence-corrected chi connectivity index (χ4v) is 4.18. The summed E-state index contributed by atoms with van der Waals surface area (Å²) < 4.78 is 5.78. The molecular weight excluding hydrogens is 380 g/mol. The highest BCUT2D eigenvalue weighted by atomic mass is 32.2. The average molecular weight is 413 g/mol. The minimum Gasteiger partial charge on any atom is -0.493 e. The van der Waals surface area contributed by atoms with Crippen LogP contribution < -0.4 is 10.1 Å². The number of amides is 1. The topological polar surface area (TPSA) is 41.6 Å². The van der Waals surface area contributed by atoms with Gasteiger partial charge >= 0.3 is 0 Å². The van der Waals surface area contributed by atoms with E-state index in [9.17, 15) is 4.79 Å². The number of piperidine rings is 1. The van der Waals surface area contributed by atoms with Crippen molar-refractivity contribution in [2.45, 2.75) is 31.1 Å². The van der Waals surface area contributed by atoms with Crippen molar-refractivity contribution < 1.29 is 9.53 Å². The van der Waals surface area contributed by atoms with E-state index in [1.807, 2.05) is 42.5 Å². The van der Waals surface area contributed by atoms with Gasteiger partial charge in [-0.2, -0.15) is 0 Å². The van der Waals surface area contributed by atoms with E-state index in [0.717, 1.165) is 36.9 Å². The van der Waals surface area contributed by atoms with Gasteiger partial charge in [0, 0.05) is 22.8 Å². The van der Waals surface area contributed by atoms with Gasteiger partial charge in [0.15, 0.2) is 0 Å².